The van der Waals surface area contributed by atoms with Gasteiger partial charge in [0.25, 0.3) is 0 Å². The molecule has 0 saturated heterocycles. The Hall–Kier alpha value is -2.53. The molecule has 5 nitrogen and oxygen atoms in total. The molecule has 6 heteroatoms. The van der Waals surface area contributed by atoms with E-state index in [2.05, 4.69) is 22.8 Å². The van der Waals surface area contributed by atoms with Gasteiger partial charge in [0, 0.05) is 11.1 Å². The second kappa shape index (κ2) is 8.65. The highest BCUT2D eigenvalue weighted by atomic mass is 35.5. The molecule has 0 radical (unpaired) electrons. The fraction of sp³-hybridized carbons (Fsp3) is 0.364. The quantitative estimate of drug-likeness (QED) is 0.749. The minimum absolute atomic E-state index is 0.265. The molecule has 2 N–H and O–H groups in total. The number of amides is 2. The number of ether oxygens (including phenoxy) is 1. The Bertz CT molecular complexity index is 911. The fourth-order valence-electron chi connectivity index (χ4n) is 3.48. The van der Waals surface area contributed by atoms with Gasteiger partial charge in [-0.1, -0.05) is 29.8 Å². The summed E-state index contributed by atoms with van der Waals surface area (Å²) >= 11 is 6.08. The molecule has 1 aliphatic rings. The van der Waals surface area contributed by atoms with Crippen molar-refractivity contribution in [1.82, 2.24) is 5.32 Å². The molecule has 1 aliphatic carbocycles. The number of hydrogen-bond donors (Lipinski definition) is 2. The monoisotopic (exact) mass is 400 g/mol. The van der Waals surface area contributed by atoms with E-state index in [1.165, 1.54) is 31.1 Å². The van der Waals surface area contributed by atoms with Crippen molar-refractivity contribution < 1.29 is 14.3 Å². The number of rotatable bonds is 4. The lowest BCUT2D eigenvalue weighted by atomic mass is 9.89. The highest BCUT2D eigenvalue weighted by molar-refractivity contribution is 6.40. The smallest absolute Gasteiger partial charge is 0.313 e. The summed E-state index contributed by atoms with van der Waals surface area (Å²) in [4.78, 5) is 24.7. The average Bonchev–Trinajstić information content (AvgIpc) is 2.69. The number of methoxy groups -OCH3 is 1. The summed E-state index contributed by atoms with van der Waals surface area (Å²) in [5, 5.41) is 5.90. The van der Waals surface area contributed by atoms with Crippen molar-refractivity contribution in [2.75, 3.05) is 12.4 Å². The van der Waals surface area contributed by atoms with E-state index in [4.69, 9.17) is 16.3 Å². The van der Waals surface area contributed by atoms with Crippen LogP contribution in [0.3, 0.4) is 0 Å². The SMILES string of the molecule is COc1cc(Cl)c(C)cc1NC(=O)C(=O)NC(C)c1ccc2c(c1)CCCC2. The third kappa shape index (κ3) is 4.47. The van der Waals surface area contributed by atoms with Crippen LogP contribution in [0.1, 0.15) is 48.1 Å². The van der Waals surface area contributed by atoms with E-state index in [-0.39, 0.29) is 6.04 Å². The van der Waals surface area contributed by atoms with E-state index in [1.807, 2.05) is 19.9 Å². The number of carbonyl (C=O) groups is 2. The number of anilines is 1. The second-order valence-electron chi connectivity index (χ2n) is 7.19. The van der Waals surface area contributed by atoms with Gasteiger partial charge in [-0.2, -0.15) is 0 Å². The number of fused-ring (bicyclic) bond motifs is 1. The van der Waals surface area contributed by atoms with Crippen LogP contribution in [0.4, 0.5) is 5.69 Å². The summed E-state index contributed by atoms with van der Waals surface area (Å²) in [6.07, 6.45) is 4.61. The third-order valence-electron chi connectivity index (χ3n) is 5.16. The second-order valence-corrected chi connectivity index (χ2v) is 7.59. The van der Waals surface area contributed by atoms with Gasteiger partial charge in [0.2, 0.25) is 0 Å². The van der Waals surface area contributed by atoms with Crippen molar-refractivity contribution >= 4 is 29.1 Å². The van der Waals surface area contributed by atoms with Crippen LogP contribution in [0.2, 0.25) is 5.02 Å². The normalized spacial score (nSPS) is 14.0. The summed E-state index contributed by atoms with van der Waals surface area (Å²) in [5.74, 6) is -1.04. The van der Waals surface area contributed by atoms with E-state index in [1.54, 1.807) is 12.1 Å². The first-order valence-electron chi connectivity index (χ1n) is 9.46. The van der Waals surface area contributed by atoms with Crippen LogP contribution < -0.4 is 15.4 Å². The van der Waals surface area contributed by atoms with Crippen LogP contribution in [-0.2, 0) is 22.4 Å². The van der Waals surface area contributed by atoms with Crippen LogP contribution >= 0.6 is 11.6 Å². The van der Waals surface area contributed by atoms with Crippen molar-refractivity contribution in [2.24, 2.45) is 0 Å². The maximum atomic E-state index is 12.4. The maximum absolute atomic E-state index is 12.4. The molecule has 0 spiro atoms. The van der Waals surface area contributed by atoms with Crippen LogP contribution in [0.15, 0.2) is 30.3 Å². The molecule has 0 bridgehead atoms. The summed E-state index contributed by atoms with van der Waals surface area (Å²) < 4.78 is 5.23. The first-order valence-corrected chi connectivity index (χ1v) is 9.84. The zero-order chi connectivity index (χ0) is 20.3. The fourth-order valence-corrected chi connectivity index (χ4v) is 3.63. The van der Waals surface area contributed by atoms with Crippen molar-refractivity contribution in [2.45, 2.75) is 45.6 Å². The molecular formula is C22H25ClN2O3. The summed E-state index contributed by atoms with van der Waals surface area (Å²) in [6, 6.07) is 9.33. The molecule has 2 aromatic carbocycles. The Morgan fingerprint density at radius 2 is 1.79 bits per heavy atom. The van der Waals surface area contributed by atoms with Gasteiger partial charge in [-0.3, -0.25) is 9.59 Å². The molecule has 1 atom stereocenters. The summed E-state index contributed by atoms with van der Waals surface area (Å²) in [6.45, 7) is 3.69. The van der Waals surface area contributed by atoms with Gasteiger partial charge in [-0.15, -0.1) is 0 Å². The molecule has 0 fully saturated rings. The summed E-state index contributed by atoms with van der Waals surface area (Å²) in [5.41, 5.74) is 4.92. The Labute approximate surface area is 170 Å². The van der Waals surface area contributed by atoms with Gasteiger partial charge in [-0.25, -0.2) is 0 Å². The molecule has 148 valence electrons. The van der Waals surface area contributed by atoms with Crippen LogP contribution in [0.25, 0.3) is 0 Å². The topological polar surface area (TPSA) is 67.4 Å². The molecule has 2 aromatic rings. The number of carbonyl (C=O) groups excluding carboxylic acids is 2. The van der Waals surface area contributed by atoms with E-state index >= 15 is 0 Å². The molecule has 0 aliphatic heterocycles. The summed E-state index contributed by atoms with van der Waals surface area (Å²) in [7, 11) is 1.48. The number of nitrogens with one attached hydrogen (secondary N) is 2. The lowest BCUT2D eigenvalue weighted by molar-refractivity contribution is -0.136. The minimum atomic E-state index is -0.746. The first kappa shape index (κ1) is 20.2. The molecule has 1 unspecified atom stereocenters. The number of hydrogen-bond acceptors (Lipinski definition) is 3. The molecule has 3 rings (SSSR count). The van der Waals surface area contributed by atoms with Gasteiger partial charge < -0.3 is 15.4 Å². The number of halogens is 1. The third-order valence-corrected chi connectivity index (χ3v) is 5.56. The van der Waals surface area contributed by atoms with Gasteiger partial charge in [0.1, 0.15) is 5.75 Å². The highest BCUT2D eigenvalue weighted by Gasteiger charge is 2.20. The molecule has 0 saturated carbocycles. The predicted molar refractivity (Wildman–Crippen MR) is 111 cm³/mol. The molecule has 28 heavy (non-hydrogen) atoms. The first-order chi connectivity index (χ1) is 13.4. The Morgan fingerprint density at radius 1 is 1.07 bits per heavy atom. The predicted octanol–water partition coefficient (Wildman–Crippen LogP) is 4.35. The van der Waals surface area contributed by atoms with Crippen LogP contribution in [0, 0.1) is 6.92 Å². The Balaban J connectivity index is 1.67. The van der Waals surface area contributed by atoms with Crippen molar-refractivity contribution in [3.8, 4) is 5.75 Å². The maximum Gasteiger partial charge on any atom is 0.313 e. The van der Waals surface area contributed by atoms with E-state index < -0.39 is 11.8 Å². The number of aryl methyl sites for hydroxylation is 3. The minimum Gasteiger partial charge on any atom is -0.495 e. The molecule has 2 amide bonds. The zero-order valence-corrected chi connectivity index (χ0v) is 17.2. The Kier molecular flexibility index (Phi) is 6.25. The van der Waals surface area contributed by atoms with E-state index in [0.717, 1.165) is 24.0 Å². The zero-order valence-electron chi connectivity index (χ0n) is 16.4. The van der Waals surface area contributed by atoms with Gasteiger partial charge in [0.15, 0.2) is 0 Å². The molecule has 0 aromatic heterocycles. The average molecular weight is 401 g/mol. The van der Waals surface area contributed by atoms with Gasteiger partial charge in [0.05, 0.1) is 18.8 Å². The molecular weight excluding hydrogens is 376 g/mol. The Morgan fingerprint density at radius 3 is 2.50 bits per heavy atom. The van der Waals surface area contributed by atoms with Crippen molar-refractivity contribution in [1.29, 1.82) is 0 Å². The highest BCUT2D eigenvalue weighted by Crippen LogP contribution is 2.31. The lowest BCUT2D eigenvalue weighted by Crippen LogP contribution is -2.37. The van der Waals surface area contributed by atoms with E-state index in [9.17, 15) is 9.59 Å². The van der Waals surface area contributed by atoms with Crippen LogP contribution in [0.5, 0.6) is 5.75 Å². The number of benzene rings is 2. The standard InChI is InChI=1S/C22H25ClN2O3/c1-13-10-19(20(28-3)12-18(13)23)25-22(27)21(26)24-14(2)16-9-8-15-6-4-5-7-17(15)11-16/h8-12,14H,4-7H2,1-3H3,(H,24,26)(H,25,27). The van der Waals surface area contributed by atoms with Gasteiger partial charge >= 0.3 is 11.8 Å². The van der Waals surface area contributed by atoms with Crippen molar-refractivity contribution in [3.63, 3.8) is 0 Å². The van der Waals surface area contributed by atoms with Crippen LogP contribution in [-0.4, -0.2) is 18.9 Å². The largest absolute Gasteiger partial charge is 0.495 e. The van der Waals surface area contributed by atoms with Crippen molar-refractivity contribution in [3.05, 3.63) is 57.6 Å². The molecule has 0 heterocycles. The lowest BCUT2D eigenvalue weighted by Gasteiger charge is -2.20. The van der Waals surface area contributed by atoms with Gasteiger partial charge in [-0.05, 0) is 67.9 Å². The van der Waals surface area contributed by atoms with E-state index in [0.29, 0.717) is 16.5 Å².